The maximum absolute atomic E-state index is 6.10. The van der Waals surface area contributed by atoms with Crippen molar-refractivity contribution in [3.63, 3.8) is 0 Å². The lowest BCUT2D eigenvalue weighted by Crippen LogP contribution is -2.11. The fourth-order valence-corrected chi connectivity index (χ4v) is 2.91. The molecule has 0 fully saturated rings. The highest BCUT2D eigenvalue weighted by Crippen LogP contribution is 2.29. The molecule has 0 aliphatic heterocycles. The molecule has 0 bridgehead atoms. The Balaban J connectivity index is 1.90. The van der Waals surface area contributed by atoms with Gasteiger partial charge in [-0.3, -0.25) is 0 Å². The van der Waals surface area contributed by atoms with Gasteiger partial charge in [-0.05, 0) is 34.7 Å². The van der Waals surface area contributed by atoms with E-state index in [1.807, 2.05) is 48.5 Å². The molecule has 4 aromatic rings. The molecule has 0 radical (unpaired) electrons. The topological polar surface area (TPSA) is 101 Å². The lowest BCUT2D eigenvalue weighted by atomic mass is 10.0. The summed E-state index contributed by atoms with van der Waals surface area (Å²) in [7, 11) is 0. The smallest absolute Gasteiger partial charge is 0.156 e. The molecule has 0 spiro atoms. The molecule has 0 aliphatic rings. The average Bonchev–Trinajstić information content (AvgIpc) is 2.79. The Morgan fingerprint density at radius 1 is 0.567 bits per heavy atom. The molecule has 30 heavy (non-hydrogen) atoms. The number of anilines is 2. The normalized spacial score (nSPS) is 11.5. The van der Waals surface area contributed by atoms with Gasteiger partial charge < -0.3 is 10.6 Å². The molecule has 4 rings (SSSR count). The van der Waals surface area contributed by atoms with Crippen molar-refractivity contribution in [2.75, 3.05) is 10.6 Å². The summed E-state index contributed by atoms with van der Waals surface area (Å²) in [6.07, 6.45) is 3.11. The van der Waals surface area contributed by atoms with Crippen LogP contribution in [-0.4, -0.2) is 30.8 Å². The molecule has 2 N–H and O–H groups in total. The van der Waals surface area contributed by atoms with E-state index in [-0.39, 0.29) is 0 Å². The lowest BCUT2D eigenvalue weighted by molar-refractivity contribution is 0.870. The zero-order valence-electron chi connectivity index (χ0n) is 15.4. The van der Waals surface area contributed by atoms with Crippen molar-refractivity contribution < 1.29 is 0 Å². The zero-order chi connectivity index (χ0) is 20.8. The minimum absolute atomic E-state index is 0.518. The van der Waals surface area contributed by atoms with Gasteiger partial charge in [0.2, 0.25) is 0 Å². The van der Waals surface area contributed by atoms with Crippen LogP contribution in [0, 0.1) is 0 Å². The quantitative estimate of drug-likeness (QED) is 0.428. The van der Waals surface area contributed by atoms with E-state index < -0.39 is 0 Å². The standard InChI is InChI=1S/C20H14Cl2N8/c21-15-5-1-13(2-6-15)19(25-17-9-11-23-29-27-17)20(14-3-7-16(22)8-4-14)26-18-10-12-24-30-28-18/h1-12H,(H,23,25,27)(H,24,26,28). The first kappa shape index (κ1) is 19.7. The number of nitrogens with one attached hydrogen (secondary N) is 2. The second-order valence-electron chi connectivity index (χ2n) is 6.03. The van der Waals surface area contributed by atoms with Gasteiger partial charge in [0.25, 0.3) is 0 Å². The van der Waals surface area contributed by atoms with E-state index in [4.69, 9.17) is 23.2 Å². The molecule has 10 heteroatoms. The summed E-state index contributed by atoms with van der Waals surface area (Å²) in [5.41, 5.74) is 3.15. The van der Waals surface area contributed by atoms with Crippen molar-refractivity contribution in [3.8, 4) is 0 Å². The Kier molecular flexibility index (Phi) is 6.07. The molecule has 0 saturated carbocycles. The van der Waals surface area contributed by atoms with Crippen molar-refractivity contribution in [1.29, 1.82) is 0 Å². The van der Waals surface area contributed by atoms with Crippen molar-refractivity contribution in [3.05, 3.63) is 94.2 Å². The summed E-state index contributed by atoms with van der Waals surface area (Å²) < 4.78 is 0. The summed E-state index contributed by atoms with van der Waals surface area (Å²) in [5.74, 6) is 1.04. The molecule has 8 nitrogen and oxygen atoms in total. The number of aromatic nitrogens is 6. The van der Waals surface area contributed by atoms with Gasteiger partial charge >= 0.3 is 0 Å². The van der Waals surface area contributed by atoms with E-state index in [9.17, 15) is 0 Å². The number of benzene rings is 2. The fraction of sp³-hybridized carbons (Fsp3) is 0. The lowest BCUT2D eigenvalue weighted by Gasteiger charge is -2.19. The minimum atomic E-state index is 0.518. The summed E-state index contributed by atoms with van der Waals surface area (Å²) in [6, 6.07) is 18.3. The fourth-order valence-electron chi connectivity index (χ4n) is 2.66. The van der Waals surface area contributed by atoms with Gasteiger partial charge in [-0.1, -0.05) is 47.5 Å². The maximum atomic E-state index is 6.10. The van der Waals surface area contributed by atoms with E-state index in [1.165, 1.54) is 0 Å². The Bertz CT molecular complexity index is 1040. The highest BCUT2D eigenvalue weighted by atomic mass is 35.5. The molecular formula is C20H14Cl2N8. The minimum Gasteiger partial charge on any atom is -0.336 e. The van der Waals surface area contributed by atoms with E-state index >= 15 is 0 Å². The van der Waals surface area contributed by atoms with Gasteiger partial charge in [-0.15, -0.1) is 20.4 Å². The molecule has 0 aliphatic carbocycles. The van der Waals surface area contributed by atoms with Crippen molar-refractivity contribution in [2.45, 2.75) is 0 Å². The third kappa shape index (κ3) is 4.86. The summed E-state index contributed by atoms with van der Waals surface area (Å²) >= 11 is 12.2. The first-order valence-corrected chi connectivity index (χ1v) is 9.53. The van der Waals surface area contributed by atoms with Gasteiger partial charge in [0, 0.05) is 33.3 Å². The van der Waals surface area contributed by atoms with E-state index in [2.05, 4.69) is 41.5 Å². The first-order chi connectivity index (χ1) is 14.7. The van der Waals surface area contributed by atoms with Gasteiger partial charge in [0.05, 0.1) is 23.8 Å². The second kappa shape index (κ2) is 9.25. The Hall–Kier alpha value is -3.62. The maximum Gasteiger partial charge on any atom is 0.156 e. The van der Waals surface area contributed by atoms with Gasteiger partial charge in [0.15, 0.2) is 11.6 Å². The SMILES string of the molecule is Clc1ccc(C(Nc2ccnnn2)=C(Nc2ccnnn2)c2ccc(Cl)cc2)cc1. The monoisotopic (exact) mass is 436 g/mol. The molecule has 2 aromatic carbocycles. The van der Waals surface area contributed by atoms with Crippen LogP contribution in [0.25, 0.3) is 11.4 Å². The van der Waals surface area contributed by atoms with Crippen molar-refractivity contribution in [2.24, 2.45) is 0 Å². The Labute approximate surface area is 182 Å². The first-order valence-electron chi connectivity index (χ1n) is 8.78. The van der Waals surface area contributed by atoms with Gasteiger partial charge in [-0.25, -0.2) is 0 Å². The van der Waals surface area contributed by atoms with Crippen molar-refractivity contribution >= 4 is 46.2 Å². The Morgan fingerprint density at radius 3 is 1.30 bits per heavy atom. The molecular weight excluding hydrogens is 423 g/mol. The summed E-state index contributed by atoms with van der Waals surface area (Å²) in [6.45, 7) is 0. The van der Waals surface area contributed by atoms with Crippen LogP contribution < -0.4 is 10.6 Å². The number of halogens is 2. The van der Waals surface area contributed by atoms with Gasteiger partial charge in [-0.2, -0.15) is 0 Å². The molecule has 2 aromatic heterocycles. The van der Waals surface area contributed by atoms with Crippen LogP contribution in [-0.2, 0) is 0 Å². The number of rotatable bonds is 6. The Morgan fingerprint density at radius 2 is 0.967 bits per heavy atom. The number of nitrogens with zero attached hydrogens (tertiary/aromatic N) is 6. The third-order valence-corrected chi connectivity index (χ3v) is 4.53. The van der Waals surface area contributed by atoms with Crippen LogP contribution in [0.15, 0.2) is 73.1 Å². The number of hydrogen-bond donors (Lipinski definition) is 2. The van der Waals surface area contributed by atoms with Crippen LogP contribution >= 0.6 is 23.2 Å². The molecule has 0 saturated heterocycles. The molecule has 0 atom stereocenters. The van der Waals surface area contributed by atoms with E-state index in [0.717, 1.165) is 11.1 Å². The molecule has 0 amide bonds. The number of hydrogen-bond acceptors (Lipinski definition) is 8. The predicted octanol–water partition coefficient (Wildman–Crippen LogP) is 4.41. The molecule has 148 valence electrons. The van der Waals surface area contributed by atoms with Crippen LogP contribution in [0.4, 0.5) is 11.6 Å². The van der Waals surface area contributed by atoms with E-state index in [0.29, 0.717) is 33.1 Å². The van der Waals surface area contributed by atoms with E-state index in [1.54, 1.807) is 24.5 Å². The van der Waals surface area contributed by atoms with Crippen LogP contribution in [0.3, 0.4) is 0 Å². The van der Waals surface area contributed by atoms with Gasteiger partial charge in [0.1, 0.15) is 0 Å². The second-order valence-corrected chi connectivity index (χ2v) is 6.90. The van der Waals surface area contributed by atoms with Crippen molar-refractivity contribution in [1.82, 2.24) is 30.8 Å². The highest BCUT2D eigenvalue weighted by molar-refractivity contribution is 6.31. The summed E-state index contributed by atoms with van der Waals surface area (Å²) in [5, 5.41) is 30.8. The van der Waals surface area contributed by atoms with Crippen LogP contribution in [0.5, 0.6) is 0 Å². The average molecular weight is 437 g/mol. The summed E-state index contributed by atoms with van der Waals surface area (Å²) in [4.78, 5) is 0. The van der Waals surface area contributed by atoms with Crippen LogP contribution in [0.2, 0.25) is 10.0 Å². The largest absolute Gasteiger partial charge is 0.336 e. The third-order valence-electron chi connectivity index (χ3n) is 4.03. The van der Waals surface area contributed by atoms with Crippen LogP contribution in [0.1, 0.15) is 11.1 Å². The predicted molar refractivity (Wildman–Crippen MR) is 117 cm³/mol. The molecule has 0 unspecified atom stereocenters. The highest BCUT2D eigenvalue weighted by Gasteiger charge is 2.15. The zero-order valence-corrected chi connectivity index (χ0v) is 16.9. The molecule has 2 heterocycles.